The van der Waals surface area contributed by atoms with Crippen LogP contribution in [0.3, 0.4) is 0 Å². The number of amides is 1. The van der Waals surface area contributed by atoms with Crippen molar-refractivity contribution in [1.29, 1.82) is 0 Å². The zero-order valence-corrected chi connectivity index (χ0v) is 13.2. The summed E-state index contributed by atoms with van der Waals surface area (Å²) < 4.78 is 0. The lowest BCUT2D eigenvalue weighted by atomic mass is 9.92. The third-order valence-electron chi connectivity index (χ3n) is 3.96. The third kappa shape index (κ3) is 3.92. The number of hydrogen-bond acceptors (Lipinski definition) is 3. The second-order valence-corrected chi connectivity index (χ2v) is 5.98. The molecule has 2 rings (SSSR count). The standard InChI is InChI=1S/C18H22N2O2/c1-13(2)18(3,22)12-20-17(21)9-8-14-10-11-19-16-7-5-4-6-15(14)16/h4-11,13,22H,12H2,1-3H3,(H,20,21). The van der Waals surface area contributed by atoms with Crippen LogP contribution >= 0.6 is 0 Å². The Kier molecular flexibility index (Phi) is 4.93. The number of pyridine rings is 1. The summed E-state index contributed by atoms with van der Waals surface area (Å²) in [7, 11) is 0. The van der Waals surface area contributed by atoms with Gasteiger partial charge in [0.05, 0.1) is 11.1 Å². The lowest BCUT2D eigenvalue weighted by molar-refractivity contribution is -0.118. The number of aliphatic hydroxyl groups is 1. The number of rotatable bonds is 5. The highest BCUT2D eigenvalue weighted by Crippen LogP contribution is 2.17. The van der Waals surface area contributed by atoms with Gasteiger partial charge in [-0.1, -0.05) is 32.0 Å². The Balaban J connectivity index is 2.06. The van der Waals surface area contributed by atoms with E-state index in [-0.39, 0.29) is 18.4 Å². The summed E-state index contributed by atoms with van der Waals surface area (Å²) in [6, 6.07) is 9.66. The summed E-state index contributed by atoms with van der Waals surface area (Å²) in [6.07, 6.45) is 4.98. The van der Waals surface area contributed by atoms with Crippen LogP contribution in [0, 0.1) is 5.92 Å². The average molecular weight is 298 g/mol. The minimum Gasteiger partial charge on any atom is -0.388 e. The van der Waals surface area contributed by atoms with Gasteiger partial charge in [0, 0.05) is 24.2 Å². The van der Waals surface area contributed by atoms with Crippen LogP contribution in [0.5, 0.6) is 0 Å². The van der Waals surface area contributed by atoms with Gasteiger partial charge in [0.2, 0.25) is 5.91 Å². The van der Waals surface area contributed by atoms with Crippen LogP contribution < -0.4 is 5.32 Å². The molecule has 1 unspecified atom stereocenters. The predicted octanol–water partition coefficient (Wildman–Crippen LogP) is 2.77. The Hall–Kier alpha value is -2.20. The first kappa shape index (κ1) is 16.2. The summed E-state index contributed by atoms with van der Waals surface area (Å²) in [5.74, 6) is -0.150. The van der Waals surface area contributed by atoms with E-state index < -0.39 is 5.60 Å². The highest BCUT2D eigenvalue weighted by Gasteiger charge is 2.24. The third-order valence-corrected chi connectivity index (χ3v) is 3.96. The van der Waals surface area contributed by atoms with E-state index in [9.17, 15) is 9.90 Å². The van der Waals surface area contributed by atoms with Gasteiger partial charge in [-0.15, -0.1) is 0 Å². The molecule has 1 atom stereocenters. The van der Waals surface area contributed by atoms with Crippen LogP contribution in [0.4, 0.5) is 0 Å². The topological polar surface area (TPSA) is 62.2 Å². The number of nitrogens with zero attached hydrogens (tertiary/aromatic N) is 1. The second-order valence-electron chi connectivity index (χ2n) is 5.98. The van der Waals surface area contributed by atoms with E-state index in [0.29, 0.717) is 0 Å². The second kappa shape index (κ2) is 6.71. The van der Waals surface area contributed by atoms with Gasteiger partial charge in [-0.3, -0.25) is 9.78 Å². The molecule has 2 N–H and O–H groups in total. The molecule has 1 amide bonds. The summed E-state index contributed by atoms with van der Waals surface area (Å²) in [4.78, 5) is 16.2. The summed E-state index contributed by atoms with van der Waals surface area (Å²) in [5, 5.41) is 13.9. The van der Waals surface area contributed by atoms with Crippen LogP contribution in [0.2, 0.25) is 0 Å². The molecule has 0 saturated carbocycles. The number of aromatic nitrogens is 1. The van der Waals surface area contributed by atoms with E-state index in [2.05, 4.69) is 10.3 Å². The number of nitrogens with one attached hydrogen (secondary N) is 1. The Morgan fingerprint density at radius 2 is 2.09 bits per heavy atom. The molecule has 0 fully saturated rings. The maximum atomic E-state index is 11.9. The summed E-state index contributed by atoms with van der Waals surface area (Å²) >= 11 is 0. The molecule has 1 aromatic heterocycles. The van der Waals surface area contributed by atoms with Gasteiger partial charge in [0.15, 0.2) is 0 Å². The Morgan fingerprint density at radius 3 is 2.82 bits per heavy atom. The first-order chi connectivity index (χ1) is 10.4. The van der Waals surface area contributed by atoms with Gasteiger partial charge in [0.25, 0.3) is 0 Å². The van der Waals surface area contributed by atoms with Crippen molar-refractivity contribution in [2.24, 2.45) is 5.92 Å². The van der Waals surface area contributed by atoms with Crippen LogP contribution in [0.15, 0.2) is 42.6 Å². The van der Waals surface area contributed by atoms with Crippen molar-refractivity contribution < 1.29 is 9.90 Å². The fourth-order valence-electron chi connectivity index (χ4n) is 1.96. The van der Waals surface area contributed by atoms with Crippen molar-refractivity contribution in [3.63, 3.8) is 0 Å². The smallest absolute Gasteiger partial charge is 0.244 e. The van der Waals surface area contributed by atoms with Crippen molar-refractivity contribution in [3.05, 3.63) is 48.2 Å². The molecule has 1 heterocycles. The highest BCUT2D eigenvalue weighted by molar-refractivity contribution is 5.95. The number of hydrogen-bond donors (Lipinski definition) is 2. The minimum atomic E-state index is -0.910. The fraction of sp³-hybridized carbons (Fsp3) is 0.333. The average Bonchev–Trinajstić information content (AvgIpc) is 2.50. The van der Waals surface area contributed by atoms with E-state index in [0.717, 1.165) is 16.5 Å². The minimum absolute atomic E-state index is 0.0703. The molecule has 0 aliphatic rings. The first-order valence-corrected chi connectivity index (χ1v) is 7.42. The van der Waals surface area contributed by atoms with Crippen LogP contribution in [-0.2, 0) is 4.79 Å². The number of carbonyl (C=O) groups is 1. The van der Waals surface area contributed by atoms with Gasteiger partial charge in [-0.05, 0) is 36.6 Å². The summed E-state index contributed by atoms with van der Waals surface area (Å²) in [6.45, 7) is 5.79. The van der Waals surface area contributed by atoms with Crippen LogP contribution in [0.25, 0.3) is 17.0 Å². The predicted molar refractivity (Wildman–Crippen MR) is 89.2 cm³/mol. The van der Waals surface area contributed by atoms with Gasteiger partial charge in [0.1, 0.15) is 0 Å². The molecule has 0 bridgehead atoms. The Labute approximate surface area is 130 Å². The maximum Gasteiger partial charge on any atom is 0.244 e. The van der Waals surface area contributed by atoms with Crippen molar-refractivity contribution in [1.82, 2.24) is 10.3 Å². The molecule has 0 radical (unpaired) electrons. The van der Waals surface area contributed by atoms with E-state index in [1.54, 1.807) is 19.2 Å². The van der Waals surface area contributed by atoms with E-state index in [1.807, 2.05) is 44.2 Å². The number of fused-ring (bicyclic) bond motifs is 1. The Bertz CT molecular complexity index is 685. The van der Waals surface area contributed by atoms with Crippen molar-refractivity contribution >= 4 is 22.9 Å². The SMILES string of the molecule is CC(C)C(C)(O)CNC(=O)C=Cc1ccnc2ccccc12. The molecule has 116 valence electrons. The van der Waals surface area contributed by atoms with E-state index in [4.69, 9.17) is 0 Å². The van der Waals surface area contributed by atoms with Gasteiger partial charge < -0.3 is 10.4 Å². The lowest BCUT2D eigenvalue weighted by Crippen LogP contribution is -2.43. The molecule has 4 nitrogen and oxygen atoms in total. The molecular weight excluding hydrogens is 276 g/mol. The summed E-state index contributed by atoms with van der Waals surface area (Å²) in [5.41, 5.74) is 0.927. The molecule has 0 saturated heterocycles. The number of carbonyl (C=O) groups excluding carboxylic acids is 1. The van der Waals surface area contributed by atoms with Crippen LogP contribution in [0.1, 0.15) is 26.3 Å². The largest absolute Gasteiger partial charge is 0.388 e. The van der Waals surface area contributed by atoms with E-state index >= 15 is 0 Å². The maximum absolute atomic E-state index is 11.9. The van der Waals surface area contributed by atoms with Crippen molar-refractivity contribution in [2.45, 2.75) is 26.4 Å². The fourth-order valence-corrected chi connectivity index (χ4v) is 1.96. The molecule has 4 heteroatoms. The van der Waals surface area contributed by atoms with Gasteiger partial charge in [-0.2, -0.15) is 0 Å². The first-order valence-electron chi connectivity index (χ1n) is 7.42. The molecule has 0 spiro atoms. The van der Waals surface area contributed by atoms with Gasteiger partial charge in [-0.25, -0.2) is 0 Å². The molecule has 2 aromatic rings. The Morgan fingerprint density at radius 1 is 1.36 bits per heavy atom. The number of para-hydroxylation sites is 1. The lowest BCUT2D eigenvalue weighted by Gasteiger charge is -2.27. The normalized spacial score (nSPS) is 14.4. The molecule has 0 aliphatic carbocycles. The van der Waals surface area contributed by atoms with Crippen LogP contribution in [-0.4, -0.2) is 28.1 Å². The van der Waals surface area contributed by atoms with Crippen molar-refractivity contribution in [3.8, 4) is 0 Å². The number of benzene rings is 1. The molecular formula is C18H22N2O2. The zero-order chi connectivity index (χ0) is 16.2. The molecule has 1 aromatic carbocycles. The monoisotopic (exact) mass is 298 g/mol. The highest BCUT2D eigenvalue weighted by atomic mass is 16.3. The van der Waals surface area contributed by atoms with Crippen molar-refractivity contribution in [2.75, 3.05) is 6.54 Å². The molecule has 22 heavy (non-hydrogen) atoms. The zero-order valence-electron chi connectivity index (χ0n) is 13.2. The quantitative estimate of drug-likeness (QED) is 0.834. The molecule has 0 aliphatic heterocycles. The van der Waals surface area contributed by atoms with E-state index in [1.165, 1.54) is 6.08 Å². The van der Waals surface area contributed by atoms with Gasteiger partial charge >= 0.3 is 0 Å².